The summed E-state index contributed by atoms with van der Waals surface area (Å²) in [5, 5.41) is 11.8. The topological polar surface area (TPSA) is 84.9 Å². The van der Waals surface area contributed by atoms with Gasteiger partial charge in [-0.3, -0.25) is 9.59 Å². The van der Waals surface area contributed by atoms with E-state index in [9.17, 15) is 9.59 Å². The summed E-state index contributed by atoms with van der Waals surface area (Å²) in [4.78, 5) is 22.9. The quantitative estimate of drug-likeness (QED) is 0.878. The number of carboxylic acid groups (broad SMARTS) is 1. The van der Waals surface area contributed by atoms with E-state index in [1.54, 1.807) is 0 Å². The van der Waals surface area contributed by atoms with Crippen LogP contribution in [0.15, 0.2) is 18.2 Å². The van der Waals surface area contributed by atoms with Gasteiger partial charge in [-0.25, -0.2) is 0 Å². The largest absolute Gasteiger partial charge is 0.481 e. The number of rotatable bonds is 4. The number of amides is 1. The van der Waals surface area contributed by atoms with Crippen LogP contribution in [0.2, 0.25) is 0 Å². The maximum atomic E-state index is 12.1. The number of hydrogen-bond acceptors (Lipinski definition) is 4. The van der Waals surface area contributed by atoms with Crippen molar-refractivity contribution in [2.24, 2.45) is 11.8 Å². The molecule has 6 nitrogen and oxygen atoms in total. The average Bonchev–Trinajstić information content (AvgIpc) is 3.09. The highest BCUT2D eigenvalue weighted by atomic mass is 16.7. The number of carbonyl (C=O) groups excluding carboxylic acids is 1. The van der Waals surface area contributed by atoms with Crippen LogP contribution >= 0.6 is 0 Å². The minimum Gasteiger partial charge on any atom is -0.481 e. The van der Waals surface area contributed by atoms with E-state index in [2.05, 4.69) is 5.32 Å². The van der Waals surface area contributed by atoms with Gasteiger partial charge in [0.1, 0.15) is 0 Å². The number of nitrogens with one attached hydrogen (secondary N) is 1. The second-order valence-corrected chi connectivity index (χ2v) is 5.97. The van der Waals surface area contributed by atoms with Gasteiger partial charge in [0.15, 0.2) is 11.5 Å². The molecule has 0 saturated heterocycles. The standard InChI is InChI=1S/C15H17NO5/c1-15(2,16-13(17)9-6-10(9)14(18)19)8-3-4-11-12(5-8)21-7-20-11/h3-5,9-10H,6-7H2,1-2H3,(H,16,17)(H,18,19)/t9-,10+/m0/s1. The lowest BCUT2D eigenvalue weighted by Gasteiger charge is -2.27. The van der Waals surface area contributed by atoms with Crippen molar-refractivity contribution in [3.63, 3.8) is 0 Å². The van der Waals surface area contributed by atoms with E-state index in [4.69, 9.17) is 14.6 Å². The second kappa shape index (κ2) is 4.65. The normalized spacial score (nSPS) is 22.8. The molecule has 0 spiro atoms. The van der Waals surface area contributed by atoms with Gasteiger partial charge in [-0.2, -0.15) is 0 Å². The van der Waals surface area contributed by atoms with Crippen LogP contribution in [0, 0.1) is 11.8 Å². The van der Waals surface area contributed by atoms with E-state index >= 15 is 0 Å². The Hall–Kier alpha value is -2.24. The molecule has 6 heteroatoms. The minimum atomic E-state index is -0.906. The highest BCUT2D eigenvalue weighted by molar-refractivity contribution is 5.89. The molecule has 1 aliphatic heterocycles. The summed E-state index contributed by atoms with van der Waals surface area (Å²) in [5.74, 6) is -0.742. The Bertz CT molecular complexity index is 610. The zero-order valence-corrected chi connectivity index (χ0v) is 11.9. The van der Waals surface area contributed by atoms with Crippen molar-refractivity contribution in [2.75, 3.05) is 6.79 Å². The van der Waals surface area contributed by atoms with Crippen molar-refractivity contribution in [3.05, 3.63) is 23.8 Å². The fourth-order valence-corrected chi connectivity index (χ4v) is 2.52. The summed E-state index contributed by atoms with van der Waals surface area (Å²) in [6, 6.07) is 5.52. The van der Waals surface area contributed by atoms with Crippen molar-refractivity contribution in [3.8, 4) is 11.5 Å². The zero-order valence-electron chi connectivity index (χ0n) is 11.9. The first-order valence-electron chi connectivity index (χ1n) is 6.83. The number of benzene rings is 1. The van der Waals surface area contributed by atoms with E-state index in [0.717, 1.165) is 5.56 Å². The van der Waals surface area contributed by atoms with E-state index in [-0.39, 0.29) is 12.7 Å². The molecule has 1 saturated carbocycles. The summed E-state index contributed by atoms with van der Waals surface area (Å²) in [6.07, 6.45) is 0.415. The molecule has 1 aliphatic carbocycles. The molecular formula is C15H17NO5. The smallest absolute Gasteiger partial charge is 0.307 e. The lowest BCUT2D eigenvalue weighted by Crippen LogP contribution is -2.42. The molecule has 21 heavy (non-hydrogen) atoms. The maximum Gasteiger partial charge on any atom is 0.307 e. The Morgan fingerprint density at radius 3 is 2.62 bits per heavy atom. The molecule has 0 bridgehead atoms. The molecule has 3 rings (SSSR count). The van der Waals surface area contributed by atoms with Crippen LogP contribution in [0.25, 0.3) is 0 Å². The predicted octanol–water partition coefficient (Wildman–Crippen LogP) is 1.49. The van der Waals surface area contributed by atoms with Crippen LogP contribution in [0.3, 0.4) is 0 Å². The van der Waals surface area contributed by atoms with Crippen LogP contribution in [-0.2, 0) is 15.1 Å². The summed E-state index contributed by atoms with van der Waals surface area (Å²) < 4.78 is 10.6. The van der Waals surface area contributed by atoms with Crippen molar-refractivity contribution in [1.29, 1.82) is 0 Å². The second-order valence-electron chi connectivity index (χ2n) is 5.97. The van der Waals surface area contributed by atoms with Gasteiger partial charge in [-0.05, 0) is 38.0 Å². The van der Waals surface area contributed by atoms with Gasteiger partial charge in [-0.15, -0.1) is 0 Å². The molecule has 0 radical (unpaired) electrons. The molecular weight excluding hydrogens is 274 g/mol. The van der Waals surface area contributed by atoms with E-state index in [1.807, 2.05) is 32.0 Å². The fraction of sp³-hybridized carbons (Fsp3) is 0.467. The molecule has 1 fully saturated rings. The minimum absolute atomic E-state index is 0.202. The van der Waals surface area contributed by atoms with Crippen LogP contribution in [0.5, 0.6) is 11.5 Å². The molecule has 2 atom stereocenters. The number of hydrogen-bond donors (Lipinski definition) is 2. The Balaban J connectivity index is 1.72. The van der Waals surface area contributed by atoms with Gasteiger partial charge < -0.3 is 19.9 Å². The first-order chi connectivity index (χ1) is 9.88. The summed E-state index contributed by atoms with van der Waals surface area (Å²) in [7, 11) is 0. The number of ether oxygens (including phenoxy) is 2. The maximum absolute atomic E-state index is 12.1. The van der Waals surface area contributed by atoms with Crippen LogP contribution in [-0.4, -0.2) is 23.8 Å². The summed E-state index contributed by atoms with van der Waals surface area (Å²) in [5.41, 5.74) is 0.275. The SMILES string of the molecule is CC(C)(NC(=O)[C@H]1C[C@H]1C(=O)O)c1ccc2c(c1)OCO2. The van der Waals surface area contributed by atoms with Gasteiger partial charge >= 0.3 is 5.97 Å². The number of aliphatic carboxylic acids is 1. The third-order valence-corrected chi connectivity index (χ3v) is 3.97. The van der Waals surface area contributed by atoms with Gasteiger partial charge in [0.2, 0.25) is 12.7 Å². The molecule has 2 aliphatic rings. The molecule has 1 heterocycles. The lowest BCUT2D eigenvalue weighted by atomic mass is 9.93. The Morgan fingerprint density at radius 2 is 1.95 bits per heavy atom. The fourth-order valence-electron chi connectivity index (χ4n) is 2.52. The highest BCUT2D eigenvalue weighted by Crippen LogP contribution is 2.40. The number of carbonyl (C=O) groups is 2. The highest BCUT2D eigenvalue weighted by Gasteiger charge is 2.49. The zero-order chi connectivity index (χ0) is 15.2. The van der Waals surface area contributed by atoms with Gasteiger partial charge in [-0.1, -0.05) is 6.07 Å². The van der Waals surface area contributed by atoms with E-state index < -0.39 is 23.3 Å². The summed E-state index contributed by atoms with van der Waals surface area (Å²) >= 11 is 0. The Labute approximate surface area is 122 Å². The Morgan fingerprint density at radius 1 is 1.24 bits per heavy atom. The lowest BCUT2D eigenvalue weighted by molar-refractivity contribution is -0.140. The van der Waals surface area contributed by atoms with Crippen LogP contribution in [0.1, 0.15) is 25.8 Å². The first-order valence-corrected chi connectivity index (χ1v) is 6.83. The summed E-state index contributed by atoms with van der Waals surface area (Å²) in [6.45, 7) is 3.95. The van der Waals surface area contributed by atoms with Gasteiger partial charge in [0.25, 0.3) is 0 Å². The Kier molecular flexibility index (Phi) is 3.04. The molecule has 0 aromatic heterocycles. The van der Waals surface area contributed by atoms with Crippen molar-refractivity contribution >= 4 is 11.9 Å². The third kappa shape index (κ3) is 2.53. The van der Waals surface area contributed by atoms with E-state index in [0.29, 0.717) is 17.9 Å². The molecule has 112 valence electrons. The number of fused-ring (bicyclic) bond motifs is 1. The number of carboxylic acids is 1. The van der Waals surface area contributed by atoms with Crippen molar-refractivity contribution < 1.29 is 24.2 Å². The monoisotopic (exact) mass is 291 g/mol. The van der Waals surface area contributed by atoms with Crippen LogP contribution < -0.4 is 14.8 Å². The van der Waals surface area contributed by atoms with Crippen molar-refractivity contribution in [2.45, 2.75) is 25.8 Å². The van der Waals surface area contributed by atoms with Crippen LogP contribution in [0.4, 0.5) is 0 Å². The average molecular weight is 291 g/mol. The van der Waals surface area contributed by atoms with Gasteiger partial charge in [0, 0.05) is 0 Å². The third-order valence-electron chi connectivity index (χ3n) is 3.97. The molecule has 1 aromatic rings. The predicted molar refractivity (Wildman–Crippen MR) is 73.0 cm³/mol. The molecule has 1 aromatic carbocycles. The van der Waals surface area contributed by atoms with Crippen molar-refractivity contribution in [1.82, 2.24) is 5.32 Å². The molecule has 1 amide bonds. The molecule has 0 unspecified atom stereocenters. The van der Waals surface area contributed by atoms with Gasteiger partial charge in [0.05, 0.1) is 17.4 Å². The molecule has 2 N–H and O–H groups in total. The first kappa shape index (κ1) is 13.7. The van der Waals surface area contributed by atoms with E-state index in [1.165, 1.54) is 0 Å².